The topological polar surface area (TPSA) is 192 Å². The number of fused-ring (bicyclic) bond motifs is 3. The second kappa shape index (κ2) is 14.4. The van der Waals surface area contributed by atoms with E-state index in [1.54, 1.807) is 6.92 Å². The smallest absolute Gasteiger partial charge is 0.329 e. The molecule has 5 amide bonds. The highest BCUT2D eigenvalue weighted by molar-refractivity contribution is 5.97. The van der Waals surface area contributed by atoms with Gasteiger partial charge < -0.3 is 40.9 Å². The lowest BCUT2D eigenvalue weighted by atomic mass is 9.98. The number of hydrogen-bond donors (Lipinski definition) is 4. The van der Waals surface area contributed by atoms with Gasteiger partial charge in [0.25, 0.3) is 0 Å². The number of amides is 5. The Morgan fingerprint density at radius 2 is 1.68 bits per heavy atom. The maximum atomic E-state index is 14.3. The Morgan fingerprint density at radius 3 is 2.43 bits per heavy atom. The van der Waals surface area contributed by atoms with Crippen LogP contribution in [0.5, 0.6) is 0 Å². The molecule has 4 saturated heterocycles. The summed E-state index contributed by atoms with van der Waals surface area (Å²) in [6, 6.07) is 1.12. The van der Waals surface area contributed by atoms with E-state index < -0.39 is 84.0 Å². The van der Waals surface area contributed by atoms with Gasteiger partial charge in [0.2, 0.25) is 29.5 Å². The van der Waals surface area contributed by atoms with Gasteiger partial charge in [0.05, 0.1) is 12.1 Å². The third-order valence-corrected chi connectivity index (χ3v) is 9.68. The van der Waals surface area contributed by atoms with Crippen molar-refractivity contribution < 1.29 is 38.6 Å². The van der Waals surface area contributed by atoms with Gasteiger partial charge in [0, 0.05) is 26.1 Å². The summed E-state index contributed by atoms with van der Waals surface area (Å²) < 4.78 is 5.77. The molecule has 8 atom stereocenters. The van der Waals surface area contributed by atoms with E-state index >= 15 is 0 Å². The van der Waals surface area contributed by atoms with Crippen LogP contribution in [0.4, 0.5) is 0 Å². The molecular formula is C33H46N6O8. The zero-order valence-corrected chi connectivity index (χ0v) is 27.2. The highest BCUT2D eigenvalue weighted by Crippen LogP contribution is 2.27. The average molecular weight is 655 g/mol. The first-order chi connectivity index (χ1) is 22.3. The lowest BCUT2D eigenvalue weighted by Gasteiger charge is -2.39. The van der Waals surface area contributed by atoms with E-state index in [2.05, 4.69) is 10.6 Å². The molecule has 0 bridgehead atoms. The summed E-state index contributed by atoms with van der Waals surface area (Å²) in [7, 11) is 0. The predicted octanol–water partition coefficient (Wildman–Crippen LogP) is -0.866. The van der Waals surface area contributed by atoms with Gasteiger partial charge in [-0.3, -0.25) is 24.0 Å². The second-order valence-corrected chi connectivity index (χ2v) is 13.3. The number of ether oxygens (including phenoxy) is 1. The first kappa shape index (κ1) is 34.3. The fraction of sp³-hybridized carbons (Fsp3) is 0.636. The summed E-state index contributed by atoms with van der Waals surface area (Å²) >= 11 is 0. The van der Waals surface area contributed by atoms with Crippen LogP contribution in [0.3, 0.4) is 0 Å². The molecule has 1 aromatic rings. The van der Waals surface area contributed by atoms with Gasteiger partial charge in [-0.2, -0.15) is 0 Å². The van der Waals surface area contributed by atoms with Crippen molar-refractivity contribution in [3.63, 3.8) is 0 Å². The number of nitrogens with two attached hydrogens (primary N) is 1. The Hall–Kier alpha value is -4.04. The number of benzene rings is 1. The molecule has 47 heavy (non-hydrogen) atoms. The van der Waals surface area contributed by atoms with E-state index in [1.165, 1.54) is 21.6 Å². The molecule has 0 spiro atoms. The van der Waals surface area contributed by atoms with Crippen molar-refractivity contribution in [2.45, 2.75) is 114 Å². The first-order valence-electron chi connectivity index (χ1n) is 16.6. The van der Waals surface area contributed by atoms with Gasteiger partial charge in [-0.15, -0.1) is 0 Å². The van der Waals surface area contributed by atoms with E-state index in [-0.39, 0.29) is 32.5 Å². The molecule has 14 nitrogen and oxygen atoms in total. The quantitative estimate of drug-likeness (QED) is 0.299. The van der Waals surface area contributed by atoms with Gasteiger partial charge in [0.1, 0.15) is 36.3 Å². The van der Waals surface area contributed by atoms with Crippen LogP contribution in [-0.4, -0.2) is 123 Å². The molecule has 5 rings (SSSR count). The maximum Gasteiger partial charge on any atom is 0.329 e. The fourth-order valence-electron chi connectivity index (χ4n) is 7.18. The number of carbonyl (C=O) groups is 6. The van der Waals surface area contributed by atoms with Gasteiger partial charge in [0.15, 0.2) is 0 Å². The van der Waals surface area contributed by atoms with E-state index in [4.69, 9.17) is 10.5 Å². The van der Waals surface area contributed by atoms with Gasteiger partial charge in [-0.1, -0.05) is 29.8 Å². The molecule has 0 unspecified atom stereocenters. The van der Waals surface area contributed by atoms with Gasteiger partial charge in [-0.25, -0.2) is 4.79 Å². The number of nitrogens with zero attached hydrogens (tertiary/aromatic N) is 3. The number of hydrogen-bond acceptors (Lipinski definition) is 9. The highest BCUT2D eigenvalue weighted by Gasteiger charge is 2.48. The van der Waals surface area contributed by atoms with E-state index in [0.29, 0.717) is 32.1 Å². The van der Waals surface area contributed by atoms with Crippen LogP contribution in [-0.2, 0) is 39.9 Å². The molecule has 5 N–H and O–H groups in total. The van der Waals surface area contributed by atoms with Crippen LogP contribution >= 0.6 is 0 Å². The molecule has 4 aliphatic heterocycles. The number of aliphatic hydroxyl groups excluding tert-OH is 1. The Labute approximate surface area is 274 Å². The molecule has 4 heterocycles. The highest BCUT2D eigenvalue weighted by atomic mass is 16.5. The van der Waals surface area contributed by atoms with Crippen molar-refractivity contribution in [2.75, 3.05) is 19.6 Å². The third-order valence-electron chi connectivity index (χ3n) is 9.68. The van der Waals surface area contributed by atoms with Crippen LogP contribution in [0.1, 0.15) is 63.5 Å². The molecule has 14 heteroatoms. The summed E-state index contributed by atoms with van der Waals surface area (Å²) in [5.41, 5.74) is 8.10. The maximum absolute atomic E-state index is 14.3. The Kier molecular flexibility index (Phi) is 10.5. The molecule has 0 radical (unpaired) electrons. The van der Waals surface area contributed by atoms with E-state index in [9.17, 15) is 33.9 Å². The normalized spacial score (nSPS) is 31.5. The summed E-state index contributed by atoms with van der Waals surface area (Å²) in [5, 5.41) is 16.1. The fourth-order valence-corrected chi connectivity index (χ4v) is 7.18. The molecular weight excluding hydrogens is 608 g/mol. The number of aryl methyl sites for hydroxylation is 1. The van der Waals surface area contributed by atoms with Gasteiger partial charge in [-0.05, 0) is 64.9 Å². The minimum absolute atomic E-state index is 0.0664. The third kappa shape index (κ3) is 7.43. The number of piperidine rings is 1. The molecule has 1 aromatic carbocycles. The molecule has 4 aliphatic rings. The minimum atomic E-state index is -1.45. The number of nitrogens with one attached hydrogen (secondary N) is 2. The summed E-state index contributed by atoms with van der Waals surface area (Å²) in [4.78, 5) is 86.3. The first-order valence-corrected chi connectivity index (χ1v) is 16.6. The summed E-state index contributed by atoms with van der Waals surface area (Å²) in [6.07, 6.45) is 0.432. The lowest BCUT2D eigenvalue weighted by molar-refractivity contribution is -0.163. The van der Waals surface area contributed by atoms with Crippen molar-refractivity contribution >= 4 is 35.5 Å². The Balaban J connectivity index is 1.48. The molecule has 0 aliphatic carbocycles. The summed E-state index contributed by atoms with van der Waals surface area (Å²) in [6.45, 7) is 5.28. The van der Waals surface area contributed by atoms with Crippen molar-refractivity contribution in [3.05, 3.63) is 35.4 Å². The van der Waals surface area contributed by atoms with Crippen molar-refractivity contribution in [1.29, 1.82) is 0 Å². The largest absolute Gasteiger partial charge is 0.458 e. The lowest BCUT2D eigenvalue weighted by Crippen LogP contribution is -2.62. The number of aliphatic hydroxyl groups is 1. The SMILES string of the molecule is Cc1cccc(C[C@H](N)C(=O)N[C@@H]2C(=O)N3C[C@H](O)C[C@H]3C(=O)N3CCCC[C@H]3C(=O)N[C@@H](C)C(=O)N3CCC[C@H]3C(=O)O[C@H]2C)c1. The Bertz CT molecular complexity index is 1400. The van der Waals surface area contributed by atoms with Crippen LogP contribution in [0, 0.1) is 6.92 Å². The second-order valence-electron chi connectivity index (χ2n) is 13.3. The Morgan fingerprint density at radius 1 is 0.979 bits per heavy atom. The van der Waals surface area contributed by atoms with Crippen LogP contribution in [0.2, 0.25) is 0 Å². The van der Waals surface area contributed by atoms with E-state index in [0.717, 1.165) is 11.1 Å². The van der Waals surface area contributed by atoms with Crippen molar-refractivity contribution in [2.24, 2.45) is 5.73 Å². The molecule has 0 aromatic heterocycles. The summed E-state index contributed by atoms with van der Waals surface area (Å²) in [5.74, 6) is -3.61. The zero-order valence-electron chi connectivity index (χ0n) is 27.2. The monoisotopic (exact) mass is 654 g/mol. The van der Waals surface area contributed by atoms with Crippen molar-refractivity contribution in [1.82, 2.24) is 25.3 Å². The molecule has 4 fully saturated rings. The van der Waals surface area contributed by atoms with Gasteiger partial charge >= 0.3 is 5.97 Å². The number of esters is 1. The van der Waals surface area contributed by atoms with Crippen LogP contribution < -0.4 is 16.4 Å². The van der Waals surface area contributed by atoms with Crippen LogP contribution in [0.15, 0.2) is 24.3 Å². The minimum Gasteiger partial charge on any atom is -0.458 e. The van der Waals surface area contributed by atoms with E-state index in [1.807, 2.05) is 31.2 Å². The standard InChI is InChI=1S/C33H46N6O8/c1-18-8-6-9-21(14-18)15-23(34)28(41)36-27-20(3)47-33(46)25-11-7-13-38(25)30(43)19(2)35-29(42)24-10-4-5-12-37(24)31(44)26-16-22(40)17-39(26)32(27)45/h6,8-9,14,19-20,22-27,40H,4-5,7,10-13,15-17,34H2,1-3H3,(H,35,42)(H,36,41)/t19-,20-,22+,23-,24-,25-,26-,27-/m0/s1. The van der Waals surface area contributed by atoms with Crippen LogP contribution in [0.25, 0.3) is 0 Å². The average Bonchev–Trinajstić information content (AvgIpc) is 3.69. The predicted molar refractivity (Wildman–Crippen MR) is 168 cm³/mol. The number of carbonyl (C=O) groups excluding carboxylic acids is 6. The van der Waals surface area contributed by atoms with Crippen molar-refractivity contribution in [3.8, 4) is 0 Å². The number of cyclic esters (lactones) is 1. The molecule has 256 valence electrons. The zero-order chi connectivity index (χ0) is 34.0. The number of rotatable bonds is 4. The molecule has 0 saturated carbocycles.